The number of hydrogen-bond donors (Lipinski definition) is 2. The molecule has 0 aliphatic carbocycles. The van der Waals surface area contributed by atoms with E-state index in [0.29, 0.717) is 0 Å². The van der Waals surface area contributed by atoms with Crippen LogP contribution in [0.5, 0.6) is 0 Å². The highest BCUT2D eigenvalue weighted by molar-refractivity contribution is 7.10. The third-order valence-corrected chi connectivity index (χ3v) is 3.19. The minimum atomic E-state index is -0.264. The molecule has 1 aliphatic rings. The maximum atomic E-state index is 5.96. The summed E-state index contributed by atoms with van der Waals surface area (Å²) in [4.78, 5) is 1.10. The van der Waals surface area contributed by atoms with Gasteiger partial charge in [0, 0.05) is 0 Å². The fraction of sp³-hybridized carbons (Fsp3) is 0.333. The van der Waals surface area contributed by atoms with Gasteiger partial charge in [-0.05, 0) is 11.4 Å². The molecule has 60 valence electrons. The van der Waals surface area contributed by atoms with Crippen molar-refractivity contribution in [3.63, 3.8) is 0 Å². The average Bonchev–Trinajstić information content (AvgIpc) is 2.34. The lowest BCUT2D eigenvalue weighted by Gasteiger charge is -2.24. The molecule has 2 unspecified atom stereocenters. The van der Waals surface area contributed by atoms with Crippen LogP contribution in [0.1, 0.15) is 10.4 Å². The van der Waals surface area contributed by atoms with Crippen molar-refractivity contribution < 1.29 is 0 Å². The molecule has 1 aromatic heterocycles. The Bertz CT molecular complexity index is 263. The second-order valence-corrected chi connectivity index (χ2v) is 4.06. The van der Waals surface area contributed by atoms with Gasteiger partial charge in [0.15, 0.2) is 5.62 Å². The van der Waals surface area contributed by atoms with E-state index in [1.54, 1.807) is 11.3 Å². The van der Waals surface area contributed by atoms with Crippen LogP contribution in [0.3, 0.4) is 0 Å². The van der Waals surface area contributed by atoms with Gasteiger partial charge in [0.05, 0.1) is 10.6 Å². The Morgan fingerprint density at radius 3 is 3.09 bits per heavy atom. The summed E-state index contributed by atoms with van der Waals surface area (Å²) in [5.41, 5.74) is 0.613. The summed E-state index contributed by atoms with van der Waals surface area (Å²) in [7, 11) is 0. The largest absolute Gasteiger partial charge is 0.356 e. The Morgan fingerprint density at radius 2 is 2.27 bits per heavy atom. The summed E-state index contributed by atoms with van der Waals surface area (Å²) in [6, 6.07) is 1.98. The summed E-state index contributed by atoms with van der Waals surface area (Å²) in [6.07, 6.45) is 0. The number of anilines is 1. The van der Waals surface area contributed by atoms with Gasteiger partial charge in [0.2, 0.25) is 0 Å². The van der Waals surface area contributed by atoms with E-state index in [0.717, 1.165) is 10.6 Å². The number of fused-ring (bicyclic) bond motifs is 1. The predicted octanol–water partition coefficient (Wildman–Crippen LogP) is 2.52. The molecule has 0 bridgehead atoms. The van der Waals surface area contributed by atoms with Crippen LogP contribution < -0.4 is 10.6 Å². The molecule has 0 fully saturated rings. The number of nitrogens with one attached hydrogen (secondary N) is 2. The van der Waals surface area contributed by atoms with E-state index in [-0.39, 0.29) is 11.1 Å². The fourth-order valence-corrected chi connectivity index (χ4v) is 2.52. The van der Waals surface area contributed by atoms with Gasteiger partial charge in [-0.2, -0.15) is 0 Å². The zero-order valence-corrected chi connectivity index (χ0v) is 7.80. The second-order valence-electron chi connectivity index (χ2n) is 2.23. The van der Waals surface area contributed by atoms with Gasteiger partial charge in [-0.15, -0.1) is 11.3 Å². The summed E-state index contributed by atoms with van der Waals surface area (Å²) in [5.74, 6) is 0. The van der Waals surface area contributed by atoms with E-state index in [1.807, 2.05) is 11.4 Å². The van der Waals surface area contributed by atoms with Crippen LogP contribution in [0.15, 0.2) is 11.4 Å². The van der Waals surface area contributed by atoms with Crippen LogP contribution in [0.25, 0.3) is 0 Å². The predicted molar refractivity (Wildman–Crippen MR) is 49.3 cm³/mol. The SMILES string of the molecule is ClC1Nc2ccsc2C(Cl)N1. The minimum Gasteiger partial charge on any atom is -0.356 e. The molecule has 0 amide bonds. The first kappa shape index (κ1) is 7.68. The molecule has 0 saturated heterocycles. The third-order valence-electron chi connectivity index (χ3n) is 1.50. The van der Waals surface area contributed by atoms with Crippen LogP contribution in [0.4, 0.5) is 5.69 Å². The quantitative estimate of drug-likeness (QED) is 0.506. The molecule has 2 heterocycles. The molecule has 0 spiro atoms. The van der Waals surface area contributed by atoms with Crippen molar-refractivity contribution in [2.75, 3.05) is 5.32 Å². The standard InChI is InChI=1S/C6H6Cl2N2S/c7-5-4-3(1-2-11-4)9-6(8)10-5/h1-2,5-6,9-10H. The molecule has 2 nitrogen and oxygen atoms in total. The lowest BCUT2D eigenvalue weighted by Crippen LogP contribution is -2.36. The van der Waals surface area contributed by atoms with Gasteiger partial charge in [0.1, 0.15) is 5.50 Å². The summed E-state index contributed by atoms with van der Waals surface area (Å²) < 4.78 is 0. The molecule has 0 aromatic carbocycles. The summed E-state index contributed by atoms with van der Waals surface area (Å²) in [6.45, 7) is 0. The highest BCUT2D eigenvalue weighted by atomic mass is 35.5. The molecule has 5 heteroatoms. The zero-order valence-electron chi connectivity index (χ0n) is 5.47. The van der Waals surface area contributed by atoms with E-state index in [2.05, 4.69) is 10.6 Å². The first-order chi connectivity index (χ1) is 5.27. The lowest BCUT2D eigenvalue weighted by molar-refractivity contribution is 0.652. The Hall–Kier alpha value is 0.0400. The van der Waals surface area contributed by atoms with Gasteiger partial charge in [-0.1, -0.05) is 23.2 Å². The van der Waals surface area contributed by atoms with Crippen molar-refractivity contribution in [2.24, 2.45) is 0 Å². The van der Waals surface area contributed by atoms with Crippen LogP contribution in [0, 0.1) is 0 Å². The molecule has 2 rings (SSSR count). The Kier molecular flexibility index (Phi) is 1.97. The highest BCUT2D eigenvalue weighted by Crippen LogP contribution is 2.35. The first-order valence-electron chi connectivity index (χ1n) is 3.15. The number of halogens is 2. The Labute approximate surface area is 78.5 Å². The monoisotopic (exact) mass is 208 g/mol. The van der Waals surface area contributed by atoms with Gasteiger partial charge < -0.3 is 5.32 Å². The van der Waals surface area contributed by atoms with Crippen LogP contribution in [-0.4, -0.2) is 5.62 Å². The molecule has 0 saturated carbocycles. The van der Waals surface area contributed by atoms with Gasteiger partial charge in [-0.25, -0.2) is 0 Å². The van der Waals surface area contributed by atoms with Gasteiger partial charge in [-0.3, -0.25) is 5.32 Å². The molecular weight excluding hydrogens is 203 g/mol. The number of alkyl halides is 2. The van der Waals surface area contributed by atoms with Crippen LogP contribution >= 0.6 is 34.5 Å². The van der Waals surface area contributed by atoms with E-state index < -0.39 is 0 Å². The van der Waals surface area contributed by atoms with E-state index in [4.69, 9.17) is 23.2 Å². The topological polar surface area (TPSA) is 24.1 Å². The summed E-state index contributed by atoms with van der Waals surface area (Å²) >= 11 is 13.4. The summed E-state index contributed by atoms with van der Waals surface area (Å²) in [5, 5.41) is 7.99. The maximum absolute atomic E-state index is 5.96. The number of hydrogen-bond acceptors (Lipinski definition) is 3. The highest BCUT2D eigenvalue weighted by Gasteiger charge is 2.23. The van der Waals surface area contributed by atoms with Crippen LogP contribution in [0.2, 0.25) is 0 Å². The zero-order chi connectivity index (χ0) is 7.84. The third kappa shape index (κ3) is 1.34. The number of thiophene rings is 1. The van der Waals surface area contributed by atoms with Crippen molar-refractivity contribution in [1.29, 1.82) is 0 Å². The van der Waals surface area contributed by atoms with E-state index >= 15 is 0 Å². The molecule has 2 N–H and O–H groups in total. The maximum Gasteiger partial charge on any atom is 0.156 e. The molecule has 11 heavy (non-hydrogen) atoms. The minimum absolute atomic E-state index is 0.159. The molecular formula is C6H6Cl2N2S. The van der Waals surface area contributed by atoms with Gasteiger partial charge >= 0.3 is 0 Å². The first-order valence-corrected chi connectivity index (χ1v) is 4.91. The molecule has 0 radical (unpaired) electrons. The van der Waals surface area contributed by atoms with Crippen molar-refractivity contribution in [1.82, 2.24) is 5.32 Å². The second kappa shape index (κ2) is 2.83. The molecule has 2 atom stereocenters. The van der Waals surface area contributed by atoms with Crippen molar-refractivity contribution in [2.45, 2.75) is 11.1 Å². The normalized spacial score (nSPS) is 29.3. The number of rotatable bonds is 0. The van der Waals surface area contributed by atoms with E-state index in [9.17, 15) is 0 Å². The Balaban J connectivity index is 2.36. The smallest absolute Gasteiger partial charge is 0.156 e. The average molecular weight is 209 g/mol. The van der Waals surface area contributed by atoms with Gasteiger partial charge in [0.25, 0.3) is 0 Å². The fourth-order valence-electron chi connectivity index (χ4n) is 1.02. The molecule has 1 aliphatic heterocycles. The van der Waals surface area contributed by atoms with Crippen molar-refractivity contribution in [3.8, 4) is 0 Å². The lowest BCUT2D eigenvalue weighted by atomic mass is 10.3. The van der Waals surface area contributed by atoms with E-state index in [1.165, 1.54) is 0 Å². The van der Waals surface area contributed by atoms with Crippen molar-refractivity contribution >= 4 is 40.2 Å². The van der Waals surface area contributed by atoms with Crippen LogP contribution in [-0.2, 0) is 0 Å². The molecule has 1 aromatic rings. The Morgan fingerprint density at radius 1 is 1.45 bits per heavy atom. The van der Waals surface area contributed by atoms with Crippen molar-refractivity contribution in [3.05, 3.63) is 16.3 Å².